The minimum Gasteiger partial charge on any atom is -0.497 e. The SMILES string of the molecule is COc1ccc(CN=C2C(=O)Nc3ccc(Cl)cc32)cc1. The number of aliphatic imine (C=N–C) groups is 1. The topological polar surface area (TPSA) is 50.7 Å². The summed E-state index contributed by atoms with van der Waals surface area (Å²) < 4.78 is 5.11. The Morgan fingerprint density at radius 2 is 1.95 bits per heavy atom. The number of benzene rings is 2. The van der Waals surface area contributed by atoms with Crippen LogP contribution in [0.4, 0.5) is 5.69 Å². The Morgan fingerprint density at radius 1 is 1.19 bits per heavy atom. The number of ether oxygens (including phenoxy) is 1. The molecular weight excluding hydrogens is 288 g/mol. The maximum atomic E-state index is 12.0. The van der Waals surface area contributed by atoms with Gasteiger partial charge in [0.2, 0.25) is 0 Å². The molecule has 0 atom stereocenters. The van der Waals surface area contributed by atoms with E-state index in [2.05, 4.69) is 10.3 Å². The van der Waals surface area contributed by atoms with E-state index in [0.29, 0.717) is 17.3 Å². The van der Waals surface area contributed by atoms with Crippen LogP contribution >= 0.6 is 11.6 Å². The Balaban J connectivity index is 1.86. The van der Waals surface area contributed by atoms with Crippen LogP contribution in [0.5, 0.6) is 5.75 Å². The van der Waals surface area contributed by atoms with Crippen molar-refractivity contribution in [3.8, 4) is 5.75 Å². The molecular formula is C16H13ClN2O2. The maximum Gasteiger partial charge on any atom is 0.274 e. The first-order valence-corrected chi connectivity index (χ1v) is 6.84. The average Bonchev–Trinajstić information content (AvgIpc) is 2.80. The van der Waals surface area contributed by atoms with Crippen LogP contribution in [-0.2, 0) is 11.3 Å². The normalized spacial score (nSPS) is 15.0. The molecule has 0 aromatic heterocycles. The molecule has 1 aliphatic rings. The van der Waals surface area contributed by atoms with Crippen molar-refractivity contribution in [2.24, 2.45) is 4.99 Å². The van der Waals surface area contributed by atoms with Crippen LogP contribution in [0.2, 0.25) is 5.02 Å². The predicted molar refractivity (Wildman–Crippen MR) is 83.3 cm³/mol. The van der Waals surface area contributed by atoms with Crippen molar-refractivity contribution in [1.29, 1.82) is 0 Å². The van der Waals surface area contributed by atoms with E-state index >= 15 is 0 Å². The van der Waals surface area contributed by atoms with Crippen LogP contribution in [0.3, 0.4) is 0 Å². The Kier molecular flexibility index (Phi) is 3.62. The van der Waals surface area contributed by atoms with E-state index in [-0.39, 0.29) is 5.91 Å². The number of fused-ring (bicyclic) bond motifs is 1. The first-order valence-electron chi connectivity index (χ1n) is 6.46. The van der Waals surface area contributed by atoms with Crippen LogP contribution in [-0.4, -0.2) is 18.7 Å². The molecule has 1 aliphatic heterocycles. The monoisotopic (exact) mass is 300 g/mol. The summed E-state index contributed by atoms with van der Waals surface area (Å²) in [6, 6.07) is 12.9. The highest BCUT2D eigenvalue weighted by atomic mass is 35.5. The van der Waals surface area contributed by atoms with Gasteiger partial charge in [0.05, 0.1) is 19.3 Å². The third-order valence-electron chi connectivity index (χ3n) is 3.28. The quantitative estimate of drug-likeness (QED) is 0.945. The van der Waals surface area contributed by atoms with Crippen molar-refractivity contribution in [3.63, 3.8) is 0 Å². The van der Waals surface area contributed by atoms with Gasteiger partial charge in [-0.15, -0.1) is 0 Å². The molecule has 3 rings (SSSR count). The third-order valence-corrected chi connectivity index (χ3v) is 3.51. The number of rotatable bonds is 3. The molecule has 0 bridgehead atoms. The lowest BCUT2D eigenvalue weighted by molar-refractivity contribution is -0.110. The number of hydrogen-bond acceptors (Lipinski definition) is 3. The first-order chi connectivity index (χ1) is 10.2. The average molecular weight is 301 g/mol. The van der Waals surface area contributed by atoms with Crippen molar-refractivity contribution >= 4 is 28.9 Å². The van der Waals surface area contributed by atoms with E-state index in [0.717, 1.165) is 22.6 Å². The highest BCUT2D eigenvalue weighted by molar-refractivity contribution is 6.54. The van der Waals surface area contributed by atoms with E-state index in [1.165, 1.54) is 0 Å². The number of carbonyl (C=O) groups excluding carboxylic acids is 1. The number of amides is 1. The zero-order valence-electron chi connectivity index (χ0n) is 11.4. The van der Waals surface area contributed by atoms with Crippen LogP contribution in [0, 0.1) is 0 Å². The predicted octanol–water partition coefficient (Wildman–Crippen LogP) is 3.29. The molecule has 0 radical (unpaired) electrons. The minimum atomic E-state index is -0.194. The van der Waals surface area contributed by atoms with E-state index in [1.807, 2.05) is 24.3 Å². The van der Waals surface area contributed by atoms with Crippen LogP contribution in [0.25, 0.3) is 0 Å². The van der Waals surface area contributed by atoms with Gasteiger partial charge in [-0.2, -0.15) is 0 Å². The number of nitrogens with zero attached hydrogens (tertiary/aromatic N) is 1. The van der Waals surface area contributed by atoms with Crippen LogP contribution < -0.4 is 10.1 Å². The fourth-order valence-electron chi connectivity index (χ4n) is 2.18. The zero-order valence-corrected chi connectivity index (χ0v) is 12.1. The second kappa shape index (κ2) is 5.58. The molecule has 2 aromatic carbocycles. The van der Waals surface area contributed by atoms with E-state index < -0.39 is 0 Å². The van der Waals surface area contributed by atoms with Gasteiger partial charge in [-0.05, 0) is 35.9 Å². The Hall–Kier alpha value is -2.33. The van der Waals surface area contributed by atoms with Crippen LogP contribution in [0.15, 0.2) is 47.5 Å². The lowest BCUT2D eigenvalue weighted by atomic mass is 10.1. The van der Waals surface area contributed by atoms with Gasteiger partial charge in [0.1, 0.15) is 11.5 Å². The van der Waals surface area contributed by atoms with Crippen molar-refractivity contribution in [1.82, 2.24) is 0 Å². The standard InChI is InChI=1S/C16H13ClN2O2/c1-21-12-5-2-10(3-6-12)9-18-15-13-8-11(17)4-7-14(13)19-16(15)20/h2-8H,9H2,1H3,(H,18,19,20). The van der Waals surface area contributed by atoms with Gasteiger partial charge in [0, 0.05) is 10.6 Å². The molecule has 0 fully saturated rings. The molecule has 21 heavy (non-hydrogen) atoms. The molecule has 4 nitrogen and oxygen atoms in total. The molecule has 0 aliphatic carbocycles. The summed E-state index contributed by atoms with van der Waals surface area (Å²) in [4.78, 5) is 16.4. The highest BCUT2D eigenvalue weighted by Crippen LogP contribution is 2.27. The van der Waals surface area contributed by atoms with Gasteiger partial charge in [0.25, 0.3) is 5.91 Å². The summed E-state index contributed by atoms with van der Waals surface area (Å²) in [5.74, 6) is 0.600. The summed E-state index contributed by atoms with van der Waals surface area (Å²) in [5.41, 5.74) is 2.92. The number of nitrogens with one attached hydrogen (secondary N) is 1. The number of methoxy groups -OCH3 is 1. The minimum absolute atomic E-state index is 0.194. The molecule has 1 N–H and O–H groups in total. The number of carbonyl (C=O) groups is 1. The van der Waals surface area contributed by atoms with Gasteiger partial charge in [-0.25, -0.2) is 0 Å². The summed E-state index contributed by atoms with van der Waals surface area (Å²) in [6.45, 7) is 0.429. The fraction of sp³-hybridized carbons (Fsp3) is 0.125. The van der Waals surface area contributed by atoms with Crippen molar-refractivity contribution in [3.05, 3.63) is 58.6 Å². The summed E-state index contributed by atoms with van der Waals surface area (Å²) in [6.07, 6.45) is 0. The van der Waals surface area contributed by atoms with E-state index in [9.17, 15) is 4.79 Å². The maximum absolute atomic E-state index is 12.0. The van der Waals surface area contributed by atoms with Gasteiger partial charge in [-0.3, -0.25) is 9.79 Å². The molecule has 0 saturated heterocycles. The van der Waals surface area contributed by atoms with Crippen molar-refractivity contribution < 1.29 is 9.53 Å². The lowest BCUT2D eigenvalue weighted by Crippen LogP contribution is -2.14. The molecule has 0 spiro atoms. The van der Waals surface area contributed by atoms with E-state index in [1.54, 1.807) is 25.3 Å². The highest BCUT2D eigenvalue weighted by Gasteiger charge is 2.25. The molecule has 106 valence electrons. The second-order valence-corrected chi connectivity index (χ2v) is 5.09. The number of halogens is 1. The van der Waals surface area contributed by atoms with E-state index in [4.69, 9.17) is 16.3 Å². The van der Waals surface area contributed by atoms with Crippen molar-refractivity contribution in [2.75, 3.05) is 12.4 Å². The third kappa shape index (κ3) is 2.76. The molecule has 1 amide bonds. The second-order valence-electron chi connectivity index (χ2n) is 4.66. The Morgan fingerprint density at radius 3 is 2.67 bits per heavy atom. The Labute approximate surface area is 127 Å². The smallest absolute Gasteiger partial charge is 0.274 e. The van der Waals surface area contributed by atoms with Gasteiger partial charge >= 0.3 is 0 Å². The van der Waals surface area contributed by atoms with Gasteiger partial charge in [0.15, 0.2) is 0 Å². The lowest BCUT2D eigenvalue weighted by Gasteiger charge is -2.02. The van der Waals surface area contributed by atoms with Gasteiger partial charge < -0.3 is 10.1 Å². The summed E-state index contributed by atoms with van der Waals surface area (Å²) in [5, 5.41) is 3.37. The number of anilines is 1. The summed E-state index contributed by atoms with van der Waals surface area (Å²) >= 11 is 5.98. The molecule has 2 aromatic rings. The molecule has 5 heteroatoms. The van der Waals surface area contributed by atoms with Crippen molar-refractivity contribution in [2.45, 2.75) is 6.54 Å². The molecule has 0 unspecified atom stereocenters. The summed E-state index contributed by atoms with van der Waals surface area (Å²) in [7, 11) is 1.62. The van der Waals surface area contributed by atoms with Crippen LogP contribution in [0.1, 0.15) is 11.1 Å². The largest absolute Gasteiger partial charge is 0.497 e. The number of hydrogen-bond donors (Lipinski definition) is 1. The van der Waals surface area contributed by atoms with Gasteiger partial charge in [-0.1, -0.05) is 23.7 Å². The molecule has 0 saturated carbocycles. The zero-order chi connectivity index (χ0) is 14.8. The Bertz CT molecular complexity index is 724. The molecule has 1 heterocycles. The first kappa shape index (κ1) is 13.6. The fourth-order valence-corrected chi connectivity index (χ4v) is 2.36.